The van der Waals surface area contributed by atoms with E-state index in [2.05, 4.69) is 20.8 Å². The molecule has 0 aliphatic heterocycles. The summed E-state index contributed by atoms with van der Waals surface area (Å²) in [6.45, 7) is 0.745. The van der Waals surface area contributed by atoms with E-state index in [9.17, 15) is 4.79 Å². The molecule has 0 unspecified atom stereocenters. The van der Waals surface area contributed by atoms with Gasteiger partial charge in [0, 0.05) is 12.6 Å². The fraction of sp³-hybridized carbons (Fsp3) is 0.476. The van der Waals surface area contributed by atoms with E-state index in [-0.39, 0.29) is 11.9 Å². The summed E-state index contributed by atoms with van der Waals surface area (Å²) in [5.41, 5.74) is 1.59. The Labute approximate surface area is 160 Å². The maximum absolute atomic E-state index is 12.3. The van der Waals surface area contributed by atoms with Crippen molar-refractivity contribution in [2.24, 2.45) is 0 Å². The number of ether oxygens (including phenoxy) is 1. The van der Waals surface area contributed by atoms with E-state index in [1.807, 2.05) is 30.3 Å². The maximum atomic E-state index is 12.3. The van der Waals surface area contributed by atoms with Crippen LogP contribution in [0, 0.1) is 0 Å². The molecule has 1 amide bonds. The van der Waals surface area contributed by atoms with Crippen LogP contribution in [0.1, 0.15) is 54.6 Å². The molecular weight excluding hydrogens is 340 g/mol. The Hall–Kier alpha value is -2.63. The topological polar surface area (TPSA) is 76.1 Å². The molecule has 27 heavy (non-hydrogen) atoms. The summed E-state index contributed by atoms with van der Waals surface area (Å²) in [7, 11) is 1.66. The van der Waals surface area contributed by atoms with Gasteiger partial charge in [-0.15, -0.1) is 10.2 Å². The fourth-order valence-electron chi connectivity index (χ4n) is 3.36. The average molecular weight is 368 g/mol. The molecule has 0 saturated heterocycles. The van der Waals surface area contributed by atoms with Crippen molar-refractivity contribution in [2.75, 3.05) is 19.0 Å². The van der Waals surface area contributed by atoms with Gasteiger partial charge in [0.25, 0.3) is 5.91 Å². The minimum absolute atomic E-state index is 0.126. The van der Waals surface area contributed by atoms with E-state index >= 15 is 0 Å². The number of carbonyl (C=O) groups is 1. The summed E-state index contributed by atoms with van der Waals surface area (Å²) in [5.74, 6) is 1.41. The van der Waals surface area contributed by atoms with Crippen molar-refractivity contribution in [3.05, 3.63) is 47.7 Å². The highest BCUT2D eigenvalue weighted by molar-refractivity contribution is 5.92. The number of hydrogen-bond acceptors (Lipinski definition) is 5. The highest BCUT2D eigenvalue weighted by Gasteiger charge is 2.16. The number of nitrogens with one attached hydrogen (secondary N) is 2. The van der Waals surface area contributed by atoms with Gasteiger partial charge in [-0.1, -0.05) is 37.8 Å². The minimum Gasteiger partial charge on any atom is -0.497 e. The van der Waals surface area contributed by atoms with Gasteiger partial charge in [0.15, 0.2) is 5.69 Å². The van der Waals surface area contributed by atoms with Crippen LogP contribution in [0.4, 0.5) is 5.82 Å². The standard InChI is InChI=1S/C21H28N4O2/c1-27-18-10-8-16(9-11-18)14-15-22-20-13-12-19(24-25-20)21(26)23-17-6-4-2-3-5-7-17/h8-13,17H,2-7,14-15H2,1H3,(H,22,25)(H,23,26). The number of nitrogens with zero attached hydrogens (tertiary/aromatic N) is 2. The third-order valence-electron chi connectivity index (χ3n) is 4.97. The van der Waals surface area contributed by atoms with Gasteiger partial charge >= 0.3 is 0 Å². The van der Waals surface area contributed by atoms with Gasteiger partial charge in [-0.2, -0.15) is 0 Å². The SMILES string of the molecule is COc1ccc(CCNc2ccc(C(=O)NC3CCCCCC3)nn2)cc1. The van der Waals surface area contributed by atoms with Crippen LogP contribution in [0.25, 0.3) is 0 Å². The van der Waals surface area contributed by atoms with Crippen LogP contribution in [0.3, 0.4) is 0 Å². The van der Waals surface area contributed by atoms with E-state index in [1.54, 1.807) is 13.2 Å². The lowest BCUT2D eigenvalue weighted by atomic mass is 10.1. The van der Waals surface area contributed by atoms with Crippen molar-refractivity contribution < 1.29 is 9.53 Å². The summed E-state index contributed by atoms with van der Waals surface area (Å²) in [6, 6.07) is 11.8. The molecule has 1 aromatic heterocycles. The quantitative estimate of drug-likeness (QED) is 0.731. The van der Waals surface area contributed by atoms with Crippen molar-refractivity contribution in [1.82, 2.24) is 15.5 Å². The lowest BCUT2D eigenvalue weighted by molar-refractivity contribution is 0.0927. The van der Waals surface area contributed by atoms with Crippen LogP contribution < -0.4 is 15.4 Å². The molecule has 0 radical (unpaired) electrons. The highest BCUT2D eigenvalue weighted by Crippen LogP contribution is 2.17. The van der Waals surface area contributed by atoms with Gasteiger partial charge in [0.05, 0.1) is 7.11 Å². The number of amides is 1. The van der Waals surface area contributed by atoms with Crippen LogP contribution in [0.2, 0.25) is 0 Å². The molecule has 0 atom stereocenters. The molecule has 1 aliphatic rings. The van der Waals surface area contributed by atoms with E-state index < -0.39 is 0 Å². The number of carbonyl (C=O) groups excluding carboxylic acids is 1. The van der Waals surface area contributed by atoms with E-state index in [0.29, 0.717) is 11.5 Å². The Morgan fingerprint density at radius 3 is 2.41 bits per heavy atom. The van der Waals surface area contributed by atoms with Gasteiger partial charge < -0.3 is 15.4 Å². The van der Waals surface area contributed by atoms with Gasteiger partial charge in [-0.3, -0.25) is 4.79 Å². The van der Waals surface area contributed by atoms with Crippen LogP contribution in [0.15, 0.2) is 36.4 Å². The number of anilines is 1. The molecule has 1 fully saturated rings. The molecular formula is C21H28N4O2. The summed E-state index contributed by atoms with van der Waals surface area (Å²) >= 11 is 0. The molecule has 6 nitrogen and oxygen atoms in total. The second-order valence-electron chi connectivity index (χ2n) is 6.99. The number of benzene rings is 1. The lowest BCUT2D eigenvalue weighted by Gasteiger charge is -2.15. The van der Waals surface area contributed by atoms with Crippen LogP contribution in [-0.4, -0.2) is 35.8 Å². The smallest absolute Gasteiger partial charge is 0.272 e. The fourth-order valence-corrected chi connectivity index (χ4v) is 3.36. The Morgan fingerprint density at radius 1 is 1.04 bits per heavy atom. The molecule has 2 aromatic rings. The van der Waals surface area contributed by atoms with Crippen molar-refractivity contribution >= 4 is 11.7 Å². The first kappa shape index (κ1) is 19.1. The van der Waals surface area contributed by atoms with Gasteiger partial charge in [-0.25, -0.2) is 0 Å². The van der Waals surface area contributed by atoms with E-state index in [1.165, 1.54) is 31.2 Å². The summed E-state index contributed by atoms with van der Waals surface area (Å²) < 4.78 is 5.16. The lowest BCUT2D eigenvalue weighted by Crippen LogP contribution is -2.35. The first-order valence-corrected chi connectivity index (χ1v) is 9.76. The van der Waals surface area contributed by atoms with E-state index in [4.69, 9.17) is 4.74 Å². The third-order valence-corrected chi connectivity index (χ3v) is 4.97. The van der Waals surface area contributed by atoms with Crippen molar-refractivity contribution in [1.29, 1.82) is 0 Å². The Kier molecular flexibility index (Phi) is 7.02. The Balaban J connectivity index is 1.45. The zero-order valence-electron chi connectivity index (χ0n) is 15.9. The molecule has 0 bridgehead atoms. The average Bonchev–Trinajstić information content (AvgIpc) is 2.98. The minimum atomic E-state index is -0.126. The van der Waals surface area contributed by atoms with E-state index in [0.717, 1.165) is 31.6 Å². The monoisotopic (exact) mass is 368 g/mol. The molecule has 1 aromatic carbocycles. The Morgan fingerprint density at radius 2 is 1.78 bits per heavy atom. The molecule has 1 saturated carbocycles. The zero-order valence-corrected chi connectivity index (χ0v) is 15.9. The van der Waals surface area contributed by atoms with Crippen molar-refractivity contribution in [3.63, 3.8) is 0 Å². The number of hydrogen-bond donors (Lipinski definition) is 2. The van der Waals surface area contributed by atoms with Gasteiger partial charge in [0.2, 0.25) is 0 Å². The normalized spacial score (nSPS) is 15.0. The molecule has 1 heterocycles. The largest absolute Gasteiger partial charge is 0.497 e. The summed E-state index contributed by atoms with van der Waals surface area (Å²) in [6.07, 6.45) is 7.90. The number of aromatic nitrogens is 2. The second-order valence-corrected chi connectivity index (χ2v) is 6.99. The van der Waals surface area contributed by atoms with Crippen LogP contribution in [-0.2, 0) is 6.42 Å². The maximum Gasteiger partial charge on any atom is 0.272 e. The van der Waals surface area contributed by atoms with Crippen LogP contribution in [0.5, 0.6) is 5.75 Å². The zero-order chi connectivity index (χ0) is 18.9. The molecule has 1 aliphatic carbocycles. The van der Waals surface area contributed by atoms with Gasteiger partial charge in [0.1, 0.15) is 11.6 Å². The van der Waals surface area contributed by atoms with Gasteiger partial charge in [-0.05, 0) is 49.1 Å². The number of rotatable bonds is 7. The number of methoxy groups -OCH3 is 1. The summed E-state index contributed by atoms with van der Waals surface area (Å²) in [5, 5.41) is 14.5. The summed E-state index contributed by atoms with van der Waals surface area (Å²) in [4.78, 5) is 12.3. The Bertz CT molecular complexity index is 708. The predicted octanol–water partition coefficient (Wildman–Crippen LogP) is 3.59. The molecule has 144 valence electrons. The predicted molar refractivity (Wildman–Crippen MR) is 106 cm³/mol. The molecule has 2 N–H and O–H groups in total. The first-order valence-electron chi connectivity index (χ1n) is 9.76. The first-order chi connectivity index (χ1) is 13.2. The molecule has 6 heteroatoms. The van der Waals surface area contributed by atoms with Crippen LogP contribution >= 0.6 is 0 Å². The highest BCUT2D eigenvalue weighted by atomic mass is 16.5. The molecule has 0 spiro atoms. The van der Waals surface area contributed by atoms with Crippen molar-refractivity contribution in [2.45, 2.75) is 51.0 Å². The molecule has 3 rings (SSSR count). The third kappa shape index (κ3) is 5.94. The second kappa shape index (κ2) is 9.90. The van der Waals surface area contributed by atoms with Crippen molar-refractivity contribution in [3.8, 4) is 5.75 Å².